The van der Waals surface area contributed by atoms with Gasteiger partial charge in [-0.2, -0.15) is 0 Å². The maximum absolute atomic E-state index is 12.2. The second-order valence-electron chi connectivity index (χ2n) is 7.02. The molecule has 2 aromatic carbocycles. The quantitative estimate of drug-likeness (QED) is 0.498. The van der Waals surface area contributed by atoms with Crippen LogP contribution in [0, 0.1) is 11.8 Å². The number of ether oxygens (including phenoxy) is 2. The molecule has 0 N–H and O–H groups in total. The molecule has 0 aliphatic carbocycles. The maximum atomic E-state index is 12.2. The first-order valence-corrected chi connectivity index (χ1v) is 9.93. The van der Waals surface area contributed by atoms with Crippen LogP contribution in [-0.2, 0) is 11.3 Å². The fourth-order valence-corrected chi connectivity index (χ4v) is 3.35. The SMILES string of the molecule is COc1ccc(C#CCCCC2=CN(Cc3ccccc3)C(=O)CC2)cc1OC. The van der Waals surface area contributed by atoms with Crippen molar-refractivity contribution in [3.05, 3.63) is 71.4 Å². The van der Waals surface area contributed by atoms with Gasteiger partial charge in [-0.1, -0.05) is 47.7 Å². The summed E-state index contributed by atoms with van der Waals surface area (Å²) in [6.07, 6.45) is 6.26. The van der Waals surface area contributed by atoms with Gasteiger partial charge in [0.2, 0.25) is 5.91 Å². The minimum Gasteiger partial charge on any atom is -0.493 e. The topological polar surface area (TPSA) is 38.8 Å². The molecule has 2 aromatic rings. The van der Waals surface area contributed by atoms with Crippen molar-refractivity contribution in [3.8, 4) is 23.3 Å². The second-order valence-corrected chi connectivity index (χ2v) is 7.02. The lowest BCUT2D eigenvalue weighted by Crippen LogP contribution is -2.28. The van der Waals surface area contributed by atoms with Gasteiger partial charge in [-0.05, 0) is 43.0 Å². The highest BCUT2D eigenvalue weighted by Gasteiger charge is 2.18. The minimum atomic E-state index is 0.200. The fourth-order valence-electron chi connectivity index (χ4n) is 3.35. The van der Waals surface area contributed by atoms with E-state index in [0.717, 1.165) is 36.8 Å². The number of rotatable bonds is 7. The van der Waals surface area contributed by atoms with Crippen molar-refractivity contribution in [1.82, 2.24) is 4.90 Å². The van der Waals surface area contributed by atoms with E-state index in [0.29, 0.717) is 24.5 Å². The fraction of sp³-hybridized carbons (Fsp3) is 0.320. The Hall–Kier alpha value is -3.19. The van der Waals surface area contributed by atoms with Crippen LogP contribution in [0.5, 0.6) is 11.5 Å². The number of benzene rings is 2. The van der Waals surface area contributed by atoms with Crippen molar-refractivity contribution in [2.45, 2.75) is 38.6 Å². The van der Waals surface area contributed by atoms with Gasteiger partial charge in [-0.25, -0.2) is 0 Å². The summed E-state index contributed by atoms with van der Waals surface area (Å²) >= 11 is 0. The molecule has 3 rings (SSSR count). The normalized spacial score (nSPS) is 13.4. The Kier molecular flexibility index (Phi) is 7.35. The lowest BCUT2D eigenvalue weighted by atomic mass is 10.0. The third kappa shape index (κ3) is 5.89. The first kappa shape index (κ1) is 20.5. The molecule has 29 heavy (non-hydrogen) atoms. The molecule has 4 nitrogen and oxygen atoms in total. The number of hydrogen-bond donors (Lipinski definition) is 0. The van der Waals surface area contributed by atoms with Gasteiger partial charge in [-0.15, -0.1) is 0 Å². The monoisotopic (exact) mass is 389 g/mol. The molecule has 0 aromatic heterocycles. The van der Waals surface area contributed by atoms with E-state index in [1.807, 2.05) is 47.5 Å². The zero-order valence-electron chi connectivity index (χ0n) is 17.1. The number of allylic oxidation sites excluding steroid dienone is 1. The number of amides is 1. The van der Waals surface area contributed by atoms with Gasteiger partial charge in [0.25, 0.3) is 0 Å². The summed E-state index contributed by atoms with van der Waals surface area (Å²) in [5, 5.41) is 0. The maximum Gasteiger partial charge on any atom is 0.227 e. The van der Waals surface area contributed by atoms with Crippen molar-refractivity contribution in [1.29, 1.82) is 0 Å². The van der Waals surface area contributed by atoms with Crippen LogP contribution in [0.2, 0.25) is 0 Å². The van der Waals surface area contributed by atoms with E-state index in [1.54, 1.807) is 14.2 Å². The van der Waals surface area contributed by atoms with Crippen molar-refractivity contribution in [2.75, 3.05) is 14.2 Å². The van der Waals surface area contributed by atoms with Crippen LogP contribution in [0.25, 0.3) is 0 Å². The Bertz CT molecular complexity index is 922. The lowest BCUT2D eigenvalue weighted by Gasteiger charge is -2.25. The van der Waals surface area contributed by atoms with Crippen molar-refractivity contribution >= 4 is 5.91 Å². The molecule has 0 unspecified atom stereocenters. The first-order chi connectivity index (χ1) is 14.2. The first-order valence-electron chi connectivity index (χ1n) is 9.93. The van der Waals surface area contributed by atoms with Crippen LogP contribution < -0.4 is 9.47 Å². The van der Waals surface area contributed by atoms with Crippen LogP contribution in [0.4, 0.5) is 0 Å². The van der Waals surface area contributed by atoms with Gasteiger partial charge in [-0.3, -0.25) is 4.79 Å². The summed E-state index contributed by atoms with van der Waals surface area (Å²) in [6.45, 7) is 0.641. The van der Waals surface area contributed by atoms with E-state index in [-0.39, 0.29) is 5.91 Å². The third-order valence-corrected chi connectivity index (χ3v) is 4.93. The second kappa shape index (κ2) is 10.4. The Labute approximate surface area is 173 Å². The average molecular weight is 389 g/mol. The molecule has 0 saturated heterocycles. The van der Waals surface area contributed by atoms with Crippen molar-refractivity contribution in [2.24, 2.45) is 0 Å². The Balaban J connectivity index is 1.52. The average Bonchev–Trinajstić information content (AvgIpc) is 2.76. The summed E-state index contributed by atoms with van der Waals surface area (Å²) in [4.78, 5) is 14.1. The van der Waals surface area contributed by atoms with Gasteiger partial charge >= 0.3 is 0 Å². The number of hydrogen-bond acceptors (Lipinski definition) is 3. The standard InChI is InChI=1S/C25H27NO3/c1-28-23-15-13-20(17-24(23)29-2)9-5-3-8-12-22-14-16-25(27)26(19-22)18-21-10-6-4-7-11-21/h4,6-7,10-11,13,15,17,19H,3,8,12,14,16,18H2,1-2H3. The molecule has 0 atom stereocenters. The van der Waals surface area contributed by atoms with E-state index in [9.17, 15) is 4.79 Å². The summed E-state index contributed by atoms with van der Waals surface area (Å²) in [7, 11) is 3.25. The van der Waals surface area contributed by atoms with Crippen LogP contribution in [-0.4, -0.2) is 25.0 Å². The minimum absolute atomic E-state index is 0.200. The van der Waals surface area contributed by atoms with E-state index in [4.69, 9.17) is 9.47 Å². The van der Waals surface area contributed by atoms with Gasteiger partial charge in [0.1, 0.15) is 0 Å². The van der Waals surface area contributed by atoms with Crippen LogP contribution >= 0.6 is 0 Å². The largest absolute Gasteiger partial charge is 0.493 e. The summed E-state index contributed by atoms with van der Waals surface area (Å²) < 4.78 is 10.6. The van der Waals surface area contributed by atoms with Crippen LogP contribution in [0.3, 0.4) is 0 Å². The Morgan fingerprint density at radius 2 is 1.79 bits per heavy atom. The van der Waals surface area contributed by atoms with Crippen LogP contribution in [0.1, 0.15) is 43.2 Å². The number of unbranched alkanes of at least 4 members (excludes halogenated alkanes) is 1. The summed E-state index contributed by atoms with van der Waals surface area (Å²) in [6, 6.07) is 15.8. The summed E-state index contributed by atoms with van der Waals surface area (Å²) in [5.74, 6) is 8.02. The zero-order valence-corrected chi connectivity index (χ0v) is 17.1. The van der Waals surface area contributed by atoms with Crippen LogP contribution in [0.15, 0.2) is 60.3 Å². The lowest BCUT2D eigenvalue weighted by molar-refractivity contribution is -0.129. The molecule has 0 radical (unpaired) electrons. The molecular weight excluding hydrogens is 362 g/mol. The molecule has 1 aliphatic heterocycles. The van der Waals surface area contributed by atoms with Gasteiger partial charge in [0.15, 0.2) is 11.5 Å². The highest BCUT2D eigenvalue weighted by atomic mass is 16.5. The van der Waals surface area contributed by atoms with Crippen molar-refractivity contribution in [3.63, 3.8) is 0 Å². The van der Waals surface area contributed by atoms with E-state index in [2.05, 4.69) is 24.0 Å². The number of nitrogens with zero attached hydrogens (tertiary/aromatic N) is 1. The molecule has 4 heteroatoms. The van der Waals surface area contributed by atoms with Crippen molar-refractivity contribution < 1.29 is 14.3 Å². The number of carbonyl (C=O) groups excluding carboxylic acids is 1. The molecule has 0 fully saturated rings. The Morgan fingerprint density at radius 1 is 1.00 bits per heavy atom. The van der Waals surface area contributed by atoms with E-state index in [1.165, 1.54) is 5.57 Å². The Morgan fingerprint density at radius 3 is 2.55 bits per heavy atom. The number of carbonyl (C=O) groups is 1. The smallest absolute Gasteiger partial charge is 0.227 e. The molecule has 150 valence electrons. The molecule has 0 bridgehead atoms. The predicted octanol–water partition coefficient (Wildman–Crippen LogP) is 4.93. The van der Waals surface area contributed by atoms with E-state index >= 15 is 0 Å². The molecular formula is C25H27NO3. The van der Waals surface area contributed by atoms with Gasteiger partial charge in [0.05, 0.1) is 20.8 Å². The molecule has 1 heterocycles. The summed E-state index contributed by atoms with van der Waals surface area (Å²) in [5.41, 5.74) is 3.40. The molecule has 0 saturated carbocycles. The predicted molar refractivity (Wildman–Crippen MR) is 115 cm³/mol. The molecule has 1 aliphatic rings. The van der Waals surface area contributed by atoms with Gasteiger partial charge < -0.3 is 14.4 Å². The molecule has 1 amide bonds. The van der Waals surface area contributed by atoms with E-state index < -0.39 is 0 Å². The molecule has 0 spiro atoms. The van der Waals surface area contributed by atoms with Gasteiger partial charge in [0, 0.05) is 24.6 Å². The number of methoxy groups -OCH3 is 2. The highest BCUT2D eigenvalue weighted by molar-refractivity contribution is 5.78. The third-order valence-electron chi connectivity index (χ3n) is 4.93. The zero-order chi connectivity index (χ0) is 20.5. The highest BCUT2D eigenvalue weighted by Crippen LogP contribution is 2.27.